The van der Waals surface area contributed by atoms with Crippen molar-refractivity contribution in [3.05, 3.63) is 41.6 Å². The molecule has 1 aliphatic rings. The highest BCUT2D eigenvalue weighted by molar-refractivity contribution is 5.88. The number of amides is 1. The van der Waals surface area contributed by atoms with Crippen LogP contribution in [0.15, 0.2) is 24.5 Å². The number of pyridine rings is 1. The molecule has 0 radical (unpaired) electrons. The lowest BCUT2D eigenvalue weighted by Gasteiger charge is -2.30. The van der Waals surface area contributed by atoms with E-state index in [1.807, 2.05) is 31.7 Å². The lowest BCUT2D eigenvalue weighted by molar-refractivity contribution is -0.140. The molecule has 1 fully saturated rings. The molecule has 0 spiro atoms. The molecule has 0 saturated carbocycles. The smallest absolute Gasteiger partial charge is 0.337 e. The highest BCUT2D eigenvalue weighted by Gasteiger charge is 2.36. The Balaban J connectivity index is 2.00. The fraction of sp³-hybridized carbons (Fsp3) is 0.450. The van der Waals surface area contributed by atoms with Gasteiger partial charge < -0.3 is 10.0 Å². The van der Waals surface area contributed by atoms with Gasteiger partial charge in [0.15, 0.2) is 0 Å². The van der Waals surface area contributed by atoms with E-state index in [1.165, 1.54) is 6.20 Å². The summed E-state index contributed by atoms with van der Waals surface area (Å²) in [6.07, 6.45) is 4.68. The number of nitrogens with zero attached hydrogens (tertiary/aromatic N) is 4. The van der Waals surface area contributed by atoms with Crippen LogP contribution in [0.2, 0.25) is 0 Å². The normalized spacial score (nSPS) is 17.2. The number of likely N-dealkylation sites (tertiary alicyclic amines) is 1. The third kappa shape index (κ3) is 3.97. The highest BCUT2D eigenvalue weighted by atomic mass is 16.4. The van der Waals surface area contributed by atoms with Gasteiger partial charge in [0.1, 0.15) is 5.82 Å². The first-order valence-electron chi connectivity index (χ1n) is 9.02. The van der Waals surface area contributed by atoms with Crippen LogP contribution in [-0.2, 0) is 4.79 Å². The van der Waals surface area contributed by atoms with Crippen molar-refractivity contribution in [1.29, 1.82) is 0 Å². The number of aromatic carboxylic acids is 1. The van der Waals surface area contributed by atoms with Crippen molar-refractivity contribution >= 4 is 11.9 Å². The van der Waals surface area contributed by atoms with Crippen molar-refractivity contribution < 1.29 is 14.7 Å². The number of rotatable bonds is 3. The first-order valence-corrected chi connectivity index (χ1v) is 9.02. The minimum absolute atomic E-state index is 0.0900. The topological polar surface area (TPSA) is 96.3 Å². The molecule has 2 aromatic heterocycles. The fourth-order valence-electron chi connectivity index (χ4n) is 3.35. The quantitative estimate of drug-likeness (QED) is 0.893. The van der Waals surface area contributed by atoms with Crippen LogP contribution in [0, 0.1) is 12.3 Å². The average Bonchev–Trinajstić information content (AvgIpc) is 3.09. The number of carboxylic acids is 1. The number of carbonyl (C=O) groups excluding carboxylic acids is 1. The van der Waals surface area contributed by atoms with Gasteiger partial charge in [-0.3, -0.25) is 9.78 Å². The van der Waals surface area contributed by atoms with Gasteiger partial charge in [-0.05, 0) is 31.9 Å². The number of carbonyl (C=O) groups is 2. The molecule has 0 bridgehead atoms. The van der Waals surface area contributed by atoms with Crippen LogP contribution >= 0.6 is 0 Å². The Labute approximate surface area is 158 Å². The van der Waals surface area contributed by atoms with E-state index in [-0.39, 0.29) is 17.5 Å². The Kier molecular flexibility index (Phi) is 4.95. The summed E-state index contributed by atoms with van der Waals surface area (Å²) in [5, 5.41) is 9.19. The molecule has 1 atom stereocenters. The Hall–Kier alpha value is -2.83. The van der Waals surface area contributed by atoms with Gasteiger partial charge >= 0.3 is 5.97 Å². The standard InChI is InChI=1S/C20H24N4O3/c1-12-22-15(13-8-14(18(25)26)11-21-10-13)9-16(23-12)17-6-5-7-24(17)19(27)20(2,3)4/h8-11,17H,5-7H2,1-4H3,(H,25,26). The lowest BCUT2D eigenvalue weighted by Crippen LogP contribution is -2.39. The summed E-state index contributed by atoms with van der Waals surface area (Å²) in [4.78, 5) is 39.0. The van der Waals surface area contributed by atoms with Gasteiger partial charge in [-0.2, -0.15) is 0 Å². The maximum Gasteiger partial charge on any atom is 0.337 e. The molecule has 1 unspecified atom stereocenters. The molecule has 7 heteroatoms. The maximum absolute atomic E-state index is 12.8. The second kappa shape index (κ2) is 7.06. The van der Waals surface area contributed by atoms with E-state index in [0.717, 1.165) is 25.1 Å². The van der Waals surface area contributed by atoms with E-state index >= 15 is 0 Å². The van der Waals surface area contributed by atoms with Gasteiger partial charge in [0, 0.05) is 29.9 Å². The van der Waals surface area contributed by atoms with E-state index in [2.05, 4.69) is 15.0 Å². The zero-order valence-electron chi connectivity index (χ0n) is 16.1. The summed E-state index contributed by atoms with van der Waals surface area (Å²) >= 11 is 0. The number of hydrogen-bond donors (Lipinski definition) is 1. The number of carboxylic acid groups (broad SMARTS) is 1. The monoisotopic (exact) mass is 368 g/mol. The van der Waals surface area contributed by atoms with Crippen LogP contribution in [-0.4, -0.2) is 43.4 Å². The van der Waals surface area contributed by atoms with Crippen molar-refractivity contribution in [2.45, 2.75) is 46.6 Å². The number of aromatic nitrogens is 3. The summed E-state index contributed by atoms with van der Waals surface area (Å²) < 4.78 is 0. The molecule has 1 aliphatic heterocycles. The summed E-state index contributed by atoms with van der Waals surface area (Å²) in [5.74, 6) is -0.344. The van der Waals surface area contributed by atoms with Crippen LogP contribution in [0.25, 0.3) is 11.3 Å². The predicted octanol–water partition coefficient (Wildman–Crippen LogP) is 3.25. The van der Waals surface area contributed by atoms with Crippen LogP contribution in [0.5, 0.6) is 0 Å². The minimum atomic E-state index is -1.03. The second-order valence-corrected chi connectivity index (χ2v) is 7.90. The Morgan fingerprint density at radius 2 is 1.93 bits per heavy atom. The zero-order chi connectivity index (χ0) is 19.8. The highest BCUT2D eigenvalue weighted by Crippen LogP contribution is 2.35. The average molecular weight is 368 g/mol. The van der Waals surface area contributed by atoms with E-state index in [1.54, 1.807) is 19.2 Å². The molecule has 1 saturated heterocycles. The zero-order valence-corrected chi connectivity index (χ0v) is 16.1. The van der Waals surface area contributed by atoms with E-state index in [9.17, 15) is 14.7 Å². The van der Waals surface area contributed by atoms with Crippen molar-refractivity contribution in [3.63, 3.8) is 0 Å². The van der Waals surface area contributed by atoms with Crippen molar-refractivity contribution in [2.75, 3.05) is 6.54 Å². The largest absolute Gasteiger partial charge is 0.478 e. The second-order valence-electron chi connectivity index (χ2n) is 7.90. The van der Waals surface area contributed by atoms with Gasteiger partial charge in [-0.15, -0.1) is 0 Å². The number of aryl methyl sites for hydroxylation is 1. The van der Waals surface area contributed by atoms with E-state index in [4.69, 9.17) is 0 Å². The first kappa shape index (κ1) is 18.9. The molecular weight excluding hydrogens is 344 g/mol. The molecule has 1 N–H and O–H groups in total. The fourth-order valence-corrected chi connectivity index (χ4v) is 3.35. The SMILES string of the molecule is Cc1nc(-c2cncc(C(=O)O)c2)cc(C2CCCN2C(=O)C(C)(C)C)n1. The van der Waals surface area contributed by atoms with Crippen molar-refractivity contribution in [2.24, 2.45) is 5.41 Å². The summed E-state index contributed by atoms with van der Waals surface area (Å²) in [7, 11) is 0. The third-order valence-corrected chi connectivity index (χ3v) is 4.64. The van der Waals surface area contributed by atoms with Crippen LogP contribution in [0.3, 0.4) is 0 Å². The lowest BCUT2D eigenvalue weighted by atomic mass is 9.94. The van der Waals surface area contributed by atoms with Gasteiger partial charge in [-0.1, -0.05) is 20.8 Å². The predicted molar refractivity (Wildman–Crippen MR) is 100 cm³/mol. The molecule has 1 amide bonds. The van der Waals surface area contributed by atoms with Gasteiger partial charge in [0.2, 0.25) is 5.91 Å². The van der Waals surface area contributed by atoms with E-state index in [0.29, 0.717) is 17.1 Å². The van der Waals surface area contributed by atoms with E-state index < -0.39 is 11.4 Å². The van der Waals surface area contributed by atoms with Crippen molar-refractivity contribution in [1.82, 2.24) is 19.9 Å². The first-order chi connectivity index (χ1) is 12.7. The molecule has 7 nitrogen and oxygen atoms in total. The van der Waals surface area contributed by atoms with Crippen LogP contribution in [0.4, 0.5) is 0 Å². The molecule has 2 aromatic rings. The maximum atomic E-state index is 12.8. The molecule has 27 heavy (non-hydrogen) atoms. The van der Waals surface area contributed by atoms with Crippen LogP contribution in [0.1, 0.15) is 61.5 Å². The summed E-state index contributed by atoms with van der Waals surface area (Å²) in [5.41, 5.74) is 1.67. The van der Waals surface area contributed by atoms with Crippen molar-refractivity contribution in [3.8, 4) is 11.3 Å². The summed E-state index contributed by atoms with van der Waals surface area (Å²) in [6.45, 7) is 8.28. The molecule has 0 aromatic carbocycles. The number of hydrogen-bond acceptors (Lipinski definition) is 5. The molecule has 0 aliphatic carbocycles. The van der Waals surface area contributed by atoms with Gasteiger partial charge in [0.25, 0.3) is 0 Å². The van der Waals surface area contributed by atoms with Gasteiger partial charge in [0.05, 0.1) is 23.0 Å². The molecule has 3 rings (SSSR count). The Morgan fingerprint density at radius 1 is 1.19 bits per heavy atom. The van der Waals surface area contributed by atoms with Crippen LogP contribution < -0.4 is 0 Å². The Bertz CT molecular complexity index is 889. The van der Waals surface area contributed by atoms with Gasteiger partial charge in [-0.25, -0.2) is 14.8 Å². The minimum Gasteiger partial charge on any atom is -0.478 e. The molecule has 142 valence electrons. The molecular formula is C20H24N4O3. The molecule has 3 heterocycles. The third-order valence-electron chi connectivity index (χ3n) is 4.64. The Morgan fingerprint density at radius 3 is 2.59 bits per heavy atom. The summed E-state index contributed by atoms with van der Waals surface area (Å²) in [6, 6.07) is 3.30.